The molecule has 1 aliphatic heterocycles. The lowest BCUT2D eigenvalue weighted by atomic mass is 10.0. The maximum Gasteiger partial charge on any atom is 0.416 e. The summed E-state index contributed by atoms with van der Waals surface area (Å²) in [5.74, 6) is 1.59. The Balaban J connectivity index is 0.00000512. The zero-order chi connectivity index (χ0) is 22.9. The van der Waals surface area contributed by atoms with E-state index in [0.29, 0.717) is 24.5 Å². The van der Waals surface area contributed by atoms with E-state index in [1.165, 1.54) is 12.1 Å². The van der Waals surface area contributed by atoms with E-state index in [2.05, 4.69) is 34.4 Å². The zero-order valence-corrected chi connectivity index (χ0v) is 21.3. The standard InChI is InChI=1S/C22H35F3N4O2.HI/c1-4-26-21(28-18-9-11-29(12-10-18)14-16(2)3)27-13-19(30)15-31-20-7-5-17(6-8-20)22(23,24)25;/h5-8,16,18-19,30H,4,9-15H2,1-3H3,(H2,26,27,28);1H. The van der Waals surface area contributed by atoms with Crippen LogP contribution >= 0.6 is 24.0 Å². The summed E-state index contributed by atoms with van der Waals surface area (Å²) in [5, 5.41) is 16.8. The van der Waals surface area contributed by atoms with Gasteiger partial charge in [0.2, 0.25) is 0 Å². The first-order valence-electron chi connectivity index (χ1n) is 10.9. The molecule has 1 aromatic carbocycles. The highest BCUT2D eigenvalue weighted by atomic mass is 127. The lowest BCUT2D eigenvalue weighted by Crippen LogP contribution is -2.49. The Morgan fingerprint density at radius 3 is 2.38 bits per heavy atom. The molecule has 1 saturated heterocycles. The van der Waals surface area contributed by atoms with Crippen molar-refractivity contribution in [1.29, 1.82) is 0 Å². The van der Waals surface area contributed by atoms with Crippen LogP contribution < -0.4 is 15.4 Å². The number of aliphatic hydroxyl groups is 1. The second kappa shape index (κ2) is 14.1. The lowest BCUT2D eigenvalue weighted by molar-refractivity contribution is -0.137. The fraction of sp³-hybridized carbons (Fsp3) is 0.682. The molecule has 2 rings (SSSR count). The van der Waals surface area contributed by atoms with Gasteiger partial charge in [-0.3, -0.25) is 4.99 Å². The van der Waals surface area contributed by atoms with Gasteiger partial charge in [-0.05, 0) is 49.9 Å². The van der Waals surface area contributed by atoms with Crippen LogP contribution in [0.3, 0.4) is 0 Å². The van der Waals surface area contributed by atoms with E-state index in [-0.39, 0.29) is 42.9 Å². The Bertz CT molecular complexity index is 679. The van der Waals surface area contributed by atoms with Crippen LogP contribution in [-0.4, -0.2) is 67.4 Å². The van der Waals surface area contributed by atoms with Gasteiger partial charge in [0.1, 0.15) is 18.5 Å². The summed E-state index contributed by atoms with van der Waals surface area (Å²) in [7, 11) is 0. The van der Waals surface area contributed by atoms with Gasteiger partial charge in [-0.2, -0.15) is 13.2 Å². The molecule has 1 aromatic rings. The predicted molar refractivity (Wildman–Crippen MR) is 132 cm³/mol. The molecule has 0 bridgehead atoms. The van der Waals surface area contributed by atoms with Crippen LogP contribution in [-0.2, 0) is 6.18 Å². The van der Waals surface area contributed by atoms with Crippen molar-refractivity contribution >= 4 is 29.9 Å². The minimum atomic E-state index is -4.38. The number of aliphatic imine (C=N–C) groups is 1. The number of hydrogen-bond acceptors (Lipinski definition) is 4. The van der Waals surface area contributed by atoms with E-state index in [4.69, 9.17) is 4.74 Å². The Labute approximate surface area is 206 Å². The molecular weight excluding hydrogens is 536 g/mol. The molecule has 0 amide bonds. The highest BCUT2D eigenvalue weighted by molar-refractivity contribution is 14.0. The Morgan fingerprint density at radius 1 is 1.22 bits per heavy atom. The Kier molecular flexibility index (Phi) is 12.7. The average molecular weight is 572 g/mol. The van der Waals surface area contributed by atoms with E-state index >= 15 is 0 Å². The van der Waals surface area contributed by atoms with Crippen molar-refractivity contribution in [2.24, 2.45) is 10.9 Å². The number of ether oxygens (including phenoxy) is 1. The third-order valence-corrected chi connectivity index (χ3v) is 4.98. The molecule has 1 aliphatic rings. The molecular formula is C22H36F3IN4O2. The van der Waals surface area contributed by atoms with Gasteiger partial charge in [0.25, 0.3) is 0 Å². The number of benzene rings is 1. The molecule has 0 aliphatic carbocycles. The molecule has 6 nitrogen and oxygen atoms in total. The molecule has 10 heteroatoms. The second-order valence-electron chi connectivity index (χ2n) is 8.32. The predicted octanol–water partition coefficient (Wildman–Crippen LogP) is 3.74. The van der Waals surface area contributed by atoms with E-state index in [1.807, 2.05) is 6.92 Å². The van der Waals surface area contributed by atoms with Crippen molar-refractivity contribution in [2.75, 3.05) is 39.3 Å². The summed E-state index contributed by atoms with van der Waals surface area (Å²) in [5.41, 5.74) is -0.735. The van der Waals surface area contributed by atoms with Gasteiger partial charge in [0.05, 0.1) is 12.1 Å². The number of halogens is 4. The van der Waals surface area contributed by atoms with Crippen molar-refractivity contribution in [3.05, 3.63) is 29.8 Å². The number of likely N-dealkylation sites (tertiary alicyclic amines) is 1. The molecule has 32 heavy (non-hydrogen) atoms. The maximum absolute atomic E-state index is 12.6. The van der Waals surface area contributed by atoms with Crippen LogP contribution in [0.1, 0.15) is 39.2 Å². The number of rotatable bonds is 9. The third-order valence-electron chi connectivity index (χ3n) is 4.98. The summed E-state index contributed by atoms with van der Waals surface area (Å²) in [4.78, 5) is 6.92. The monoisotopic (exact) mass is 572 g/mol. The van der Waals surface area contributed by atoms with Crippen LogP contribution in [0.2, 0.25) is 0 Å². The molecule has 0 spiro atoms. The summed E-state index contributed by atoms with van der Waals surface area (Å²) < 4.78 is 43.2. The highest BCUT2D eigenvalue weighted by Crippen LogP contribution is 2.30. The number of nitrogens with one attached hydrogen (secondary N) is 2. The van der Waals surface area contributed by atoms with Crippen molar-refractivity contribution in [3.63, 3.8) is 0 Å². The van der Waals surface area contributed by atoms with Gasteiger partial charge in [-0.25, -0.2) is 0 Å². The van der Waals surface area contributed by atoms with Gasteiger partial charge in [0.15, 0.2) is 5.96 Å². The van der Waals surface area contributed by atoms with Crippen LogP contribution in [0.5, 0.6) is 5.75 Å². The first kappa shape index (κ1) is 28.8. The molecule has 1 fully saturated rings. The van der Waals surface area contributed by atoms with E-state index in [0.717, 1.165) is 44.6 Å². The van der Waals surface area contributed by atoms with E-state index in [9.17, 15) is 18.3 Å². The van der Waals surface area contributed by atoms with Crippen molar-refractivity contribution in [2.45, 2.75) is 51.9 Å². The van der Waals surface area contributed by atoms with Gasteiger partial charge >= 0.3 is 6.18 Å². The smallest absolute Gasteiger partial charge is 0.416 e. The topological polar surface area (TPSA) is 69.1 Å². The minimum Gasteiger partial charge on any atom is -0.491 e. The number of guanidine groups is 1. The van der Waals surface area contributed by atoms with Gasteiger partial charge in [-0.1, -0.05) is 13.8 Å². The van der Waals surface area contributed by atoms with Crippen LogP contribution in [0.25, 0.3) is 0 Å². The quantitative estimate of drug-likeness (QED) is 0.239. The average Bonchev–Trinajstić information content (AvgIpc) is 2.71. The minimum absolute atomic E-state index is 0. The number of nitrogens with zero attached hydrogens (tertiary/aromatic N) is 2. The van der Waals surface area contributed by atoms with Crippen LogP contribution in [0.15, 0.2) is 29.3 Å². The summed E-state index contributed by atoms with van der Waals surface area (Å²) in [6.45, 7) is 10.4. The molecule has 0 radical (unpaired) electrons. The summed E-state index contributed by atoms with van der Waals surface area (Å²) in [6, 6.07) is 4.74. The van der Waals surface area contributed by atoms with E-state index < -0.39 is 17.8 Å². The van der Waals surface area contributed by atoms with Gasteiger partial charge in [0, 0.05) is 32.2 Å². The number of hydrogen-bond donors (Lipinski definition) is 3. The third kappa shape index (κ3) is 10.6. The zero-order valence-electron chi connectivity index (χ0n) is 19.0. The highest BCUT2D eigenvalue weighted by Gasteiger charge is 2.30. The number of aliphatic hydroxyl groups excluding tert-OH is 1. The Morgan fingerprint density at radius 2 is 1.84 bits per heavy atom. The van der Waals surface area contributed by atoms with E-state index in [1.54, 1.807) is 0 Å². The van der Waals surface area contributed by atoms with Gasteiger partial charge in [-0.15, -0.1) is 24.0 Å². The first-order chi connectivity index (χ1) is 14.7. The number of alkyl halides is 3. The molecule has 184 valence electrons. The van der Waals surface area contributed by atoms with Crippen LogP contribution in [0.4, 0.5) is 13.2 Å². The molecule has 1 heterocycles. The van der Waals surface area contributed by atoms with Crippen LogP contribution in [0, 0.1) is 5.92 Å². The van der Waals surface area contributed by atoms with Crippen molar-refractivity contribution in [3.8, 4) is 5.75 Å². The first-order valence-corrected chi connectivity index (χ1v) is 10.9. The second-order valence-corrected chi connectivity index (χ2v) is 8.32. The largest absolute Gasteiger partial charge is 0.491 e. The maximum atomic E-state index is 12.6. The lowest BCUT2D eigenvalue weighted by Gasteiger charge is -2.34. The van der Waals surface area contributed by atoms with Crippen molar-refractivity contribution < 1.29 is 23.0 Å². The SMILES string of the molecule is CCNC(=NCC(O)COc1ccc(C(F)(F)F)cc1)NC1CCN(CC(C)C)CC1.I. The Hall–Kier alpha value is -1.27. The fourth-order valence-electron chi connectivity index (χ4n) is 3.47. The van der Waals surface area contributed by atoms with Gasteiger partial charge < -0.3 is 25.4 Å². The molecule has 0 aromatic heterocycles. The van der Waals surface area contributed by atoms with Crippen molar-refractivity contribution in [1.82, 2.24) is 15.5 Å². The molecule has 1 unspecified atom stereocenters. The summed E-state index contributed by atoms with van der Waals surface area (Å²) >= 11 is 0. The molecule has 3 N–H and O–H groups in total. The molecule has 1 atom stereocenters. The fourth-order valence-corrected chi connectivity index (χ4v) is 3.47. The molecule has 0 saturated carbocycles. The normalized spacial score (nSPS) is 17.1. The summed E-state index contributed by atoms with van der Waals surface area (Å²) in [6.07, 6.45) is -3.17. The number of piperidine rings is 1.